The van der Waals surface area contributed by atoms with Gasteiger partial charge in [-0.05, 0) is 18.2 Å². The number of carbonyl (C=O) groups excluding carboxylic acids is 1. The predicted octanol–water partition coefficient (Wildman–Crippen LogP) is 1.40. The second-order valence-corrected chi connectivity index (χ2v) is 2.85. The number of hydrogen-bond donors (Lipinski definition) is 0. The molecule has 0 saturated carbocycles. The predicted molar refractivity (Wildman–Crippen MR) is 47.0 cm³/mol. The molecule has 1 saturated heterocycles. The monoisotopic (exact) mass is 193 g/mol. The van der Waals surface area contributed by atoms with Crippen molar-refractivity contribution >= 4 is 6.16 Å². The summed E-state index contributed by atoms with van der Waals surface area (Å²) in [6.07, 6.45) is -0.930. The third-order valence-electron chi connectivity index (χ3n) is 1.76. The Morgan fingerprint density at radius 3 is 3.21 bits per heavy atom. The summed E-state index contributed by atoms with van der Waals surface area (Å²) in [4.78, 5) is 10.6. The van der Waals surface area contributed by atoms with E-state index in [1.54, 1.807) is 12.1 Å². The summed E-state index contributed by atoms with van der Waals surface area (Å²) in [5, 5.41) is 0. The minimum absolute atomic E-state index is 0.259. The minimum Gasteiger partial charge on any atom is -0.490 e. The van der Waals surface area contributed by atoms with Crippen LogP contribution in [0.1, 0.15) is 0 Å². The van der Waals surface area contributed by atoms with E-state index in [-0.39, 0.29) is 12.7 Å². The van der Waals surface area contributed by atoms with Crippen LogP contribution in [0.25, 0.3) is 0 Å². The number of carbonyl (C=O) groups is 1. The summed E-state index contributed by atoms with van der Waals surface area (Å²) < 4.78 is 14.7. The van der Waals surface area contributed by atoms with Gasteiger partial charge in [0.2, 0.25) is 0 Å². The van der Waals surface area contributed by atoms with E-state index in [4.69, 9.17) is 9.47 Å². The van der Waals surface area contributed by atoms with Crippen LogP contribution in [0.15, 0.2) is 24.3 Å². The fraction of sp³-hybridized carbons (Fsp3) is 0.300. The molecule has 1 fully saturated rings. The number of hydrogen-bond acceptors (Lipinski definition) is 4. The molecule has 1 aromatic rings. The van der Waals surface area contributed by atoms with Crippen LogP contribution in [-0.2, 0) is 9.47 Å². The SMILES string of the molecule is O=C1OC[C@@H](COc2c[c]ccc2)O1. The van der Waals surface area contributed by atoms with Crippen molar-refractivity contribution in [2.24, 2.45) is 0 Å². The molecule has 4 heteroatoms. The van der Waals surface area contributed by atoms with Gasteiger partial charge in [-0.25, -0.2) is 4.79 Å². The van der Waals surface area contributed by atoms with E-state index in [1.807, 2.05) is 12.1 Å². The average Bonchev–Trinajstić information content (AvgIpc) is 2.63. The van der Waals surface area contributed by atoms with Crippen molar-refractivity contribution in [1.82, 2.24) is 0 Å². The van der Waals surface area contributed by atoms with Gasteiger partial charge in [0.15, 0.2) is 6.10 Å². The first-order valence-corrected chi connectivity index (χ1v) is 4.27. The standard InChI is InChI=1S/C10H9O4/c11-10-13-7-9(14-10)6-12-8-4-2-1-3-5-8/h1-2,4-5,9H,6-7H2/t9-/m1/s1. The van der Waals surface area contributed by atoms with Crippen LogP contribution in [0.2, 0.25) is 0 Å². The second-order valence-electron chi connectivity index (χ2n) is 2.85. The normalized spacial score (nSPS) is 20.0. The summed E-state index contributed by atoms with van der Waals surface area (Å²) in [5.41, 5.74) is 0. The van der Waals surface area contributed by atoms with Crippen LogP contribution in [0.4, 0.5) is 4.79 Å². The maximum atomic E-state index is 10.6. The molecule has 0 N–H and O–H groups in total. The first-order valence-electron chi connectivity index (χ1n) is 4.27. The van der Waals surface area contributed by atoms with E-state index >= 15 is 0 Å². The van der Waals surface area contributed by atoms with Crippen LogP contribution in [0, 0.1) is 6.07 Å². The van der Waals surface area contributed by atoms with Crippen molar-refractivity contribution in [2.75, 3.05) is 13.2 Å². The zero-order chi connectivity index (χ0) is 9.80. The van der Waals surface area contributed by atoms with Gasteiger partial charge in [-0.15, -0.1) is 0 Å². The Labute approximate surface area is 81.4 Å². The first kappa shape index (κ1) is 8.87. The highest BCUT2D eigenvalue weighted by molar-refractivity contribution is 5.61. The van der Waals surface area contributed by atoms with Crippen molar-refractivity contribution < 1.29 is 19.0 Å². The molecular formula is C10H9O4. The van der Waals surface area contributed by atoms with Gasteiger partial charge >= 0.3 is 6.16 Å². The molecule has 0 bridgehead atoms. The highest BCUT2D eigenvalue weighted by Crippen LogP contribution is 2.11. The molecule has 1 aliphatic rings. The Kier molecular flexibility index (Phi) is 2.53. The quantitative estimate of drug-likeness (QED) is 0.680. The first-order chi connectivity index (χ1) is 6.84. The van der Waals surface area contributed by atoms with Gasteiger partial charge in [-0.2, -0.15) is 0 Å². The zero-order valence-corrected chi connectivity index (χ0v) is 7.43. The van der Waals surface area contributed by atoms with Crippen LogP contribution in [0.3, 0.4) is 0 Å². The third-order valence-corrected chi connectivity index (χ3v) is 1.76. The molecule has 0 aromatic heterocycles. The molecule has 1 heterocycles. The van der Waals surface area contributed by atoms with Gasteiger partial charge in [0.05, 0.1) is 0 Å². The maximum Gasteiger partial charge on any atom is 0.508 e. The van der Waals surface area contributed by atoms with E-state index in [0.29, 0.717) is 12.4 Å². The molecule has 73 valence electrons. The van der Waals surface area contributed by atoms with Gasteiger partial charge in [0.25, 0.3) is 0 Å². The molecule has 2 rings (SSSR count). The van der Waals surface area contributed by atoms with Crippen LogP contribution < -0.4 is 4.74 Å². The summed E-state index contributed by atoms with van der Waals surface area (Å²) in [5.74, 6) is 0.704. The molecule has 1 aromatic carbocycles. The lowest BCUT2D eigenvalue weighted by atomic mass is 10.3. The molecule has 1 radical (unpaired) electrons. The average molecular weight is 193 g/mol. The Bertz CT molecular complexity index is 309. The Hall–Kier alpha value is -1.71. The Balaban J connectivity index is 1.80. The van der Waals surface area contributed by atoms with Crippen molar-refractivity contribution in [1.29, 1.82) is 0 Å². The highest BCUT2D eigenvalue weighted by atomic mass is 16.8. The summed E-state index contributed by atoms with van der Waals surface area (Å²) in [6, 6.07) is 10.0. The van der Waals surface area contributed by atoms with E-state index in [2.05, 4.69) is 10.8 Å². The van der Waals surface area contributed by atoms with Gasteiger partial charge in [0, 0.05) is 0 Å². The van der Waals surface area contributed by atoms with E-state index in [0.717, 1.165) is 0 Å². The summed E-state index contributed by atoms with van der Waals surface area (Å²) in [6.45, 7) is 0.568. The lowest BCUT2D eigenvalue weighted by Gasteiger charge is -2.08. The van der Waals surface area contributed by atoms with Crippen molar-refractivity contribution in [3.63, 3.8) is 0 Å². The number of ether oxygens (including phenoxy) is 3. The van der Waals surface area contributed by atoms with Crippen LogP contribution in [-0.4, -0.2) is 25.5 Å². The molecular weight excluding hydrogens is 184 g/mol. The molecule has 1 aliphatic heterocycles. The molecule has 14 heavy (non-hydrogen) atoms. The number of benzene rings is 1. The van der Waals surface area contributed by atoms with Crippen molar-refractivity contribution in [2.45, 2.75) is 6.10 Å². The zero-order valence-electron chi connectivity index (χ0n) is 7.43. The van der Waals surface area contributed by atoms with Crippen molar-refractivity contribution in [3.05, 3.63) is 30.3 Å². The number of rotatable bonds is 3. The summed E-state index contributed by atoms with van der Waals surface area (Å²) >= 11 is 0. The van der Waals surface area contributed by atoms with E-state index in [1.165, 1.54) is 0 Å². The minimum atomic E-state index is -0.627. The van der Waals surface area contributed by atoms with Crippen molar-refractivity contribution in [3.8, 4) is 5.75 Å². The fourth-order valence-electron chi connectivity index (χ4n) is 1.10. The Morgan fingerprint density at radius 1 is 1.64 bits per heavy atom. The molecule has 0 amide bonds. The highest BCUT2D eigenvalue weighted by Gasteiger charge is 2.25. The van der Waals surface area contributed by atoms with Gasteiger partial charge in [-0.1, -0.05) is 12.1 Å². The summed E-state index contributed by atoms with van der Waals surface area (Å²) in [7, 11) is 0. The van der Waals surface area contributed by atoms with Gasteiger partial charge in [-0.3, -0.25) is 0 Å². The topological polar surface area (TPSA) is 44.8 Å². The lowest BCUT2D eigenvalue weighted by molar-refractivity contribution is 0.0983. The second kappa shape index (κ2) is 4.00. The Morgan fingerprint density at radius 2 is 2.57 bits per heavy atom. The third kappa shape index (κ3) is 2.16. The molecule has 0 spiro atoms. The van der Waals surface area contributed by atoms with Gasteiger partial charge in [0.1, 0.15) is 19.0 Å². The van der Waals surface area contributed by atoms with E-state index in [9.17, 15) is 4.79 Å². The van der Waals surface area contributed by atoms with Crippen LogP contribution in [0.5, 0.6) is 5.75 Å². The maximum absolute atomic E-state index is 10.6. The fourth-order valence-corrected chi connectivity index (χ4v) is 1.10. The number of cyclic esters (lactones) is 2. The molecule has 4 nitrogen and oxygen atoms in total. The van der Waals surface area contributed by atoms with E-state index < -0.39 is 6.16 Å². The molecule has 0 aliphatic carbocycles. The molecule has 1 atom stereocenters. The van der Waals surface area contributed by atoms with Crippen LogP contribution >= 0.6 is 0 Å². The van der Waals surface area contributed by atoms with Gasteiger partial charge < -0.3 is 14.2 Å². The lowest BCUT2D eigenvalue weighted by Crippen LogP contribution is -2.19. The smallest absolute Gasteiger partial charge is 0.490 e. The largest absolute Gasteiger partial charge is 0.508 e. The molecule has 0 unspecified atom stereocenters.